The predicted molar refractivity (Wildman–Crippen MR) is 110 cm³/mol. The lowest BCUT2D eigenvalue weighted by molar-refractivity contribution is -0.124. The Kier molecular flexibility index (Phi) is 5.59. The Labute approximate surface area is 167 Å². The molecule has 144 valence electrons. The zero-order chi connectivity index (χ0) is 19.3. The van der Waals surface area contributed by atoms with Gasteiger partial charge < -0.3 is 10.2 Å². The number of rotatable bonds is 6. The third kappa shape index (κ3) is 3.88. The molecule has 1 saturated heterocycles. The van der Waals surface area contributed by atoms with Crippen molar-refractivity contribution in [3.05, 3.63) is 52.7 Å². The number of nitrogens with one attached hydrogen (secondary N) is 1. The van der Waals surface area contributed by atoms with Gasteiger partial charge in [-0.3, -0.25) is 4.79 Å². The molecule has 1 fully saturated rings. The first-order valence-corrected chi connectivity index (χ1v) is 10.2. The molecule has 0 bridgehead atoms. The molecule has 7 nitrogen and oxygen atoms in total. The summed E-state index contributed by atoms with van der Waals surface area (Å²) in [6.45, 7) is 2.40. The number of carbonyl (C=O) groups is 1. The number of carbonyl (C=O) groups excluding carboxylic acids is 1. The van der Waals surface area contributed by atoms with Crippen LogP contribution in [0.3, 0.4) is 0 Å². The van der Waals surface area contributed by atoms with Crippen molar-refractivity contribution in [3.8, 4) is 11.4 Å². The van der Waals surface area contributed by atoms with Gasteiger partial charge in [-0.2, -0.15) is 4.68 Å². The van der Waals surface area contributed by atoms with Gasteiger partial charge in [0.05, 0.1) is 0 Å². The van der Waals surface area contributed by atoms with Gasteiger partial charge in [-0.1, -0.05) is 36.4 Å². The normalized spacial score (nSPS) is 17.2. The van der Waals surface area contributed by atoms with Crippen molar-refractivity contribution in [2.24, 2.45) is 5.92 Å². The number of hydrogen-bond acceptors (Lipinski definition) is 6. The van der Waals surface area contributed by atoms with E-state index in [0.29, 0.717) is 17.4 Å². The predicted octanol–water partition coefficient (Wildman–Crippen LogP) is 2.47. The minimum absolute atomic E-state index is 0.0449. The Morgan fingerprint density at radius 1 is 1.29 bits per heavy atom. The molecule has 1 aliphatic heterocycles. The maximum absolute atomic E-state index is 13.4. The third-order valence-corrected chi connectivity index (χ3v) is 5.66. The number of thiophene rings is 1. The van der Waals surface area contributed by atoms with E-state index in [0.717, 1.165) is 36.5 Å². The number of hydrogen-bond donors (Lipinski definition) is 1. The fraction of sp³-hybridized carbons (Fsp3) is 0.300. The molecule has 0 saturated carbocycles. The molecular formula is C20H22N6OS. The molecule has 4 rings (SSSR count). The quantitative estimate of drug-likeness (QED) is 0.650. The summed E-state index contributed by atoms with van der Waals surface area (Å²) in [7, 11) is 1.94. The van der Waals surface area contributed by atoms with E-state index in [1.807, 2.05) is 65.9 Å². The first-order chi connectivity index (χ1) is 13.8. The van der Waals surface area contributed by atoms with Crippen LogP contribution in [0.1, 0.15) is 11.3 Å². The summed E-state index contributed by atoms with van der Waals surface area (Å²) >= 11 is 1.58. The number of nitrogens with zero attached hydrogens (tertiary/aromatic N) is 5. The van der Waals surface area contributed by atoms with Crippen molar-refractivity contribution in [2.45, 2.75) is 6.42 Å². The molecule has 1 atom stereocenters. The molecule has 3 aromatic rings. The molecule has 0 radical (unpaired) electrons. The van der Waals surface area contributed by atoms with E-state index < -0.39 is 0 Å². The van der Waals surface area contributed by atoms with Crippen LogP contribution in [0.2, 0.25) is 0 Å². The minimum Gasteiger partial charge on any atom is -0.337 e. The van der Waals surface area contributed by atoms with Crippen molar-refractivity contribution in [3.63, 3.8) is 0 Å². The highest BCUT2D eigenvalue weighted by molar-refractivity contribution is 7.10. The van der Waals surface area contributed by atoms with Crippen LogP contribution < -0.4 is 5.32 Å². The van der Waals surface area contributed by atoms with E-state index in [4.69, 9.17) is 0 Å². The molecule has 28 heavy (non-hydrogen) atoms. The molecule has 3 heterocycles. The highest BCUT2D eigenvalue weighted by atomic mass is 32.1. The van der Waals surface area contributed by atoms with Crippen LogP contribution in [0.15, 0.2) is 47.8 Å². The Balaban J connectivity index is 1.71. The molecule has 1 N–H and O–H groups in total. The van der Waals surface area contributed by atoms with Gasteiger partial charge in [0.1, 0.15) is 5.70 Å². The highest BCUT2D eigenvalue weighted by Crippen LogP contribution is 2.25. The minimum atomic E-state index is -0.0449. The van der Waals surface area contributed by atoms with Crippen molar-refractivity contribution < 1.29 is 4.79 Å². The Hall–Kier alpha value is -2.84. The maximum atomic E-state index is 13.4. The number of tetrazole rings is 1. The standard InChI is InChI=1S/C20H22N6OS/c1-21-13-15-9-10-25(14-15)20(27)18(12-17-8-5-11-28-17)26-19(22-23-24-26)16-6-3-2-4-7-16/h2-8,11-12,15,21H,9-10,13-14H2,1H3/b18-12-. The van der Waals surface area contributed by atoms with Crippen molar-refractivity contribution in [2.75, 3.05) is 26.7 Å². The Morgan fingerprint density at radius 2 is 2.14 bits per heavy atom. The zero-order valence-electron chi connectivity index (χ0n) is 15.7. The van der Waals surface area contributed by atoms with E-state index in [9.17, 15) is 4.79 Å². The average Bonchev–Trinajstić information content (AvgIpc) is 3.48. The SMILES string of the molecule is CNCC1CCN(C(=O)/C(=C/c2cccs2)n2nnnc2-c2ccccc2)C1. The monoisotopic (exact) mass is 394 g/mol. The summed E-state index contributed by atoms with van der Waals surface area (Å²) in [4.78, 5) is 16.3. The van der Waals surface area contributed by atoms with Gasteiger partial charge in [0, 0.05) is 23.5 Å². The van der Waals surface area contributed by atoms with Crippen LogP contribution in [0, 0.1) is 5.92 Å². The summed E-state index contributed by atoms with van der Waals surface area (Å²) in [6.07, 6.45) is 2.88. The molecule has 1 aliphatic rings. The second kappa shape index (κ2) is 8.45. The summed E-state index contributed by atoms with van der Waals surface area (Å²) in [5, 5.41) is 17.4. The Bertz CT molecular complexity index is 950. The zero-order valence-corrected chi connectivity index (χ0v) is 16.5. The van der Waals surface area contributed by atoms with Crippen molar-refractivity contribution in [1.29, 1.82) is 0 Å². The van der Waals surface area contributed by atoms with Gasteiger partial charge in [0.15, 0.2) is 5.82 Å². The molecular weight excluding hydrogens is 372 g/mol. The molecule has 0 aliphatic carbocycles. The molecule has 2 aromatic heterocycles. The molecule has 1 unspecified atom stereocenters. The Morgan fingerprint density at radius 3 is 2.89 bits per heavy atom. The molecule has 1 aromatic carbocycles. The number of amides is 1. The number of benzene rings is 1. The van der Waals surface area contributed by atoms with Crippen molar-refractivity contribution >= 4 is 29.0 Å². The van der Waals surface area contributed by atoms with E-state index >= 15 is 0 Å². The lowest BCUT2D eigenvalue weighted by Gasteiger charge is -2.19. The van der Waals surface area contributed by atoms with Crippen LogP contribution in [-0.2, 0) is 4.79 Å². The van der Waals surface area contributed by atoms with Gasteiger partial charge in [-0.05, 0) is 53.9 Å². The van der Waals surface area contributed by atoms with E-state index in [1.165, 1.54) is 0 Å². The van der Waals surface area contributed by atoms with Crippen LogP contribution >= 0.6 is 11.3 Å². The fourth-order valence-electron chi connectivity index (χ4n) is 3.47. The van der Waals surface area contributed by atoms with E-state index in [-0.39, 0.29) is 5.91 Å². The lowest BCUT2D eigenvalue weighted by Crippen LogP contribution is -2.32. The smallest absolute Gasteiger partial charge is 0.272 e. The van der Waals surface area contributed by atoms with Gasteiger partial charge in [0.2, 0.25) is 0 Å². The first-order valence-electron chi connectivity index (χ1n) is 9.29. The first kappa shape index (κ1) is 18.5. The van der Waals surface area contributed by atoms with Gasteiger partial charge in [0.25, 0.3) is 5.91 Å². The largest absolute Gasteiger partial charge is 0.337 e. The molecule has 1 amide bonds. The molecule has 8 heteroatoms. The summed E-state index contributed by atoms with van der Waals surface area (Å²) in [5.41, 5.74) is 1.34. The number of likely N-dealkylation sites (tertiary alicyclic amines) is 1. The summed E-state index contributed by atoms with van der Waals surface area (Å²) < 4.78 is 1.56. The topological polar surface area (TPSA) is 75.9 Å². The van der Waals surface area contributed by atoms with E-state index in [2.05, 4.69) is 20.8 Å². The summed E-state index contributed by atoms with van der Waals surface area (Å²) in [5.74, 6) is 0.985. The highest BCUT2D eigenvalue weighted by Gasteiger charge is 2.30. The second-order valence-electron chi connectivity index (χ2n) is 6.79. The fourth-order valence-corrected chi connectivity index (χ4v) is 4.12. The van der Waals surface area contributed by atoms with Crippen LogP contribution in [-0.4, -0.2) is 57.7 Å². The van der Waals surface area contributed by atoms with Gasteiger partial charge in [-0.25, -0.2) is 0 Å². The van der Waals surface area contributed by atoms with Crippen LogP contribution in [0.25, 0.3) is 23.2 Å². The molecule has 0 spiro atoms. The van der Waals surface area contributed by atoms with Crippen LogP contribution in [0.4, 0.5) is 0 Å². The second-order valence-corrected chi connectivity index (χ2v) is 7.77. The van der Waals surface area contributed by atoms with Gasteiger partial charge in [-0.15, -0.1) is 16.4 Å². The number of aromatic nitrogens is 4. The van der Waals surface area contributed by atoms with E-state index in [1.54, 1.807) is 16.0 Å². The third-order valence-electron chi connectivity index (χ3n) is 4.84. The maximum Gasteiger partial charge on any atom is 0.272 e. The van der Waals surface area contributed by atoms with Crippen molar-refractivity contribution in [1.82, 2.24) is 30.4 Å². The lowest BCUT2D eigenvalue weighted by atomic mass is 10.1. The van der Waals surface area contributed by atoms with Gasteiger partial charge >= 0.3 is 0 Å². The summed E-state index contributed by atoms with van der Waals surface area (Å²) in [6, 6.07) is 13.6. The van der Waals surface area contributed by atoms with Crippen LogP contribution in [0.5, 0.6) is 0 Å². The average molecular weight is 395 g/mol.